The van der Waals surface area contributed by atoms with Crippen LogP contribution in [0.2, 0.25) is 0 Å². The molecule has 0 aromatic heterocycles. The van der Waals surface area contributed by atoms with E-state index in [1.54, 1.807) is 7.11 Å². The Hall–Kier alpha value is -1.06. The van der Waals surface area contributed by atoms with Gasteiger partial charge in [-0.05, 0) is 49.1 Å². The molecular weight excluding hydrogens is 214 g/mol. The maximum absolute atomic E-state index is 5.55. The summed E-state index contributed by atoms with van der Waals surface area (Å²) in [7, 11) is 1.73. The lowest BCUT2D eigenvalue weighted by atomic mass is 9.92. The highest BCUT2D eigenvalue weighted by Gasteiger charge is 2.21. The number of ether oxygens (including phenoxy) is 2. The zero-order valence-electron chi connectivity index (χ0n) is 11.1. The van der Waals surface area contributed by atoms with Crippen molar-refractivity contribution >= 4 is 0 Å². The van der Waals surface area contributed by atoms with E-state index in [-0.39, 0.29) is 0 Å². The molecule has 1 aliphatic heterocycles. The average Bonchev–Trinajstić information content (AvgIpc) is 2.35. The highest BCUT2D eigenvalue weighted by Crippen LogP contribution is 2.31. The first kappa shape index (κ1) is 12.4. The van der Waals surface area contributed by atoms with Crippen molar-refractivity contribution in [3.63, 3.8) is 0 Å². The van der Waals surface area contributed by atoms with Crippen LogP contribution in [0, 0.1) is 20.8 Å². The molecule has 0 saturated carbocycles. The van der Waals surface area contributed by atoms with E-state index in [0.29, 0.717) is 6.04 Å². The van der Waals surface area contributed by atoms with Crippen molar-refractivity contribution in [3.8, 4) is 5.75 Å². The van der Waals surface area contributed by atoms with Crippen LogP contribution < -0.4 is 10.1 Å². The third-order valence-electron chi connectivity index (χ3n) is 3.60. The van der Waals surface area contributed by atoms with E-state index in [4.69, 9.17) is 9.47 Å². The fraction of sp³-hybridized carbons (Fsp3) is 0.571. The quantitative estimate of drug-likeness (QED) is 0.853. The smallest absolute Gasteiger partial charge is 0.122 e. The summed E-state index contributed by atoms with van der Waals surface area (Å²) in [5.74, 6) is 0.973. The van der Waals surface area contributed by atoms with Gasteiger partial charge in [-0.25, -0.2) is 0 Å². The van der Waals surface area contributed by atoms with Crippen LogP contribution in [0.4, 0.5) is 0 Å². The Morgan fingerprint density at radius 1 is 1.29 bits per heavy atom. The van der Waals surface area contributed by atoms with Crippen LogP contribution in [0.1, 0.15) is 28.3 Å². The van der Waals surface area contributed by atoms with E-state index in [1.165, 1.54) is 22.3 Å². The van der Waals surface area contributed by atoms with E-state index in [9.17, 15) is 0 Å². The summed E-state index contributed by atoms with van der Waals surface area (Å²) in [5.41, 5.74) is 5.17. The molecule has 1 aromatic rings. The Balaban J connectivity index is 2.42. The number of methoxy groups -OCH3 is 1. The molecule has 0 bridgehead atoms. The molecule has 1 unspecified atom stereocenters. The number of hydrogen-bond acceptors (Lipinski definition) is 3. The summed E-state index contributed by atoms with van der Waals surface area (Å²) >= 11 is 0. The molecule has 1 saturated heterocycles. The van der Waals surface area contributed by atoms with Crippen LogP contribution >= 0.6 is 0 Å². The Morgan fingerprint density at radius 2 is 2.06 bits per heavy atom. The average molecular weight is 235 g/mol. The Kier molecular flexibility index (Phi) is 3.69. The molecule has 1 aromatic carbocycles. The molecule has 0 amide bonds. The van der Waals surface area contributed by atoms with Gasteiger partial charge in [-0.3, -0.25) is 0 Å². The summed E-state index contributed by atoms with van der Waals surface area (Å²) in [6.45, 7) is 8.91. The van der Waals surface area contributed by atoms with Crippen molar-refractivity contribution in [1.29, 1.82) is 0 Å². The third kappa shape index (κ3) is 2.31. The van der Waals surface area contributed by atoms with Gasteiger partial charge in [0.05, 0.1) is 26.4 Å². The largest absolute Gasteiger partial charge is 0.496 e. The van der Waals surface area contributed by atoms with Crippen molar-refractivity contribution in [2.75, 3.05) is 26.9 Å². The maximum Gasteiger partial charge on any atom is 0.122 e. The number of morpholine rings is 1. The van der Waals surface area contributed by atoms with Gasteiger partial charge in [-0.2, -0.15) is 0 Å². The Labute approximate surface area is 103 Å². The first-order chi connectivity index (χ1) is 8.15. The molecule has 1 fully saturated rings. The second kappa shape index (κ2) is 5.07. The van der Waals surface area contributed by atoms with Crippen LogP contribution in [0.25, 0.3) is 0 Å². The van der Waals surface area contributed by atoms with Crippen LogP contribution in [-0.2, 0) is 4.74 Å². The normalized spacial score (nSPS) is 20.4. The van der Waals surface area contributed by atoms with Gasteiger partial charge in [0.1, 0.15) is 5.75 Å². The van der Waals surface area contributed by atoms with Gasteiger partial charge in [-0.1, -0.05) is 0 Å². The van der Waals surface area contributed by atoms with Gasteiger partial charge in [-0.15, -0.1) is 0 Å². The molecule has 1 aliphatic rings. The highest BCUT2D eigenvalue weighted by atomic mass is 16.5. The van der Waals surface area contributed by atoms with Gasteiger partial charge < -0.3 is 14.8 Å². The highest BCUT2D eigenvalue weighted by molar-refractivity contribution is 5.49. The van der Waals surface area contributed by atoms with Crippen molar-refractivity contribution in [1.82, 2.24) is 5.32 Å². The minimum atomic E-state index is 0.313. The van der Waals surface area contributed by atoms with Crippen LogP contribution in [-0.4, -0.2) is 26.9 Å². The molecule has 1 atom stereocenters. The van der Waals surface area contributed by atoms with Crippen LogP contribution in [0.5, 0.6) is 5.75 Å². The molecule has 0 spiro atoms. The first-order valence-corrected chi connectivity index (χ1v) is 6.11. The second-order valence-electron chi connectivity index (χ2n) is 4.64. The number of hydrogen-bond donors (Lipinski definition) is 1. The second-order valence-corrected chi connectivity index (χ2v) is 4.64. The van der Waals surface area contributed by atoms with Crippen molar-refractivity contribution in [3.05, 3.63) is 28.3 Å². The topological polar surface area (TPSA) is 30.5 Å². The lowest BCUT2D eigenvalue weighted by Crippen LogP contribution is -2.35. The summed E-state index contributed by atoms with van der Waals surface area (Å²) < 4.78 is 10.9. The van der Waals surface area contributed by atoms with Crippen molar-refractivity contribution in [2.24, 2.45) is 0 Å². The lowest BCUT2D eigenvalue weighted by Gasteiger charge is -2.28. The Morgan fingerprint density at radius 3 is 2.65 bits per heavy atom. The van der Waals surface area contributed by atoms with Crippen molar-refractivity contribution < 1.29 is 9.47 Å². The molecular formula is C14H21NO2. The minimum Gasteiger partial charge on any atom is -0.496 e. The molecule has 17 heavy (non-hydrogen) atoms. The van der Waals surface area contributed by atoms with Gasteiger partial charge in [0.2, 0.25) is 0 Å². The number of aryl methyl sites for hydroxylation is 1. The summed E-state index contributed by atoms with van der Waals surface area (Å²) in [6, 6.07) is 2.43. The van der Waals surface area contributed by atoms with E-state index >= 15 is 0 Å². The minimum absolute atomic E-state index is 0.313. The van der Waals surface area contributed by atoms with Crippen LogP contribution in [0.15, 0.2) is 6.07 Å². The predicted octanol–water partition coefficient (Wildman–Crippen LogP) is 2.28. The van der Waals surface area contributed by atoms with E-state index in [1.807, 2.05) is 0 Å². The Bertz CT molecular complexity index is 409. The van der Waals surface area contributed by atoms with Gasteiger partial charge in [0.15, 0.2) is 0 Å². The lowest BCUT2D eigenvalue weighted by molar-refractivity contribution is 0.0764. The summed E-state index contributed by atoms with van der Waals surface area (Å²) in [6.07, 6.45) is 0. The number of rotatable bonds is 2. The SMILES string of the molecule is COc1cc(C)c(C2COCCN2)c(C)c1C. The maximum atomic E-state index is 5.55. The van der Waals surface area contributed by atoms with E-state index in [2.05, 4.69) is 32.2 Å². The summed E-state index contributed by atoms with van der Waals surface area (Å²) in [5, 5.41) is 3.52. The fourth-order valence-electron chi connectivity index (χ4n) is 2.56. The zero-order valence-corrected chi connectivity index (χ0v) is 11.1. The predicted molar refractivity (Wildman–Crippen MR) is 68.8 cm³/mol. The standard InChI is InChI=1S/C14H21NO2/c1-9-7-13(16-4)10(2)11(3)14(9)12-8-17-6-5-15-12/h7,12,15H,5-6,8H2,1-4H3. The molecule has 1 N–H and O–H groups in total. The number of benzene rings is 1. The fourth-order valence-corrected chi connectivity index (χ4v) is 2.56. The molecule has 0 radical (unpaired) electrons. The van der Waals surface area contributed by atoms with E-state index in [0.717, 1.165) is 25.5 Å². The van der Waals surface area contributed by atoms with Gasteiger partial charge >= 0.3 is 0 Å². The first-order valence-electron chi connectivity index (χ1n) is 6.11. The van der Waals surface area contributed by atoms with Crippen LogP contribution in [0.3, 0.4) is 0 Å². The third-order valence-corrected chi connectivity index (χ3v) is 3.60. The molecule has 0 aliphatic carbocycles. The molecule has 1 heterocycles. The van der Waals surface area contributed by atoms with Crippen molar-refractivity contribution in [2.45, 2.75) is 26.8 Å². The van der Waals surface area contributed by atoms with E-state index < -0.39 is 0 Å². The molecule has 94 valence electrons. The number of nitrogens with one attached hydrogen (secondary N) is 1. The molecule has 2 rings (SSSR count). The molecule has 3 nitrogen and oxygen atoms in total. The monoisotopic (exact) mass is 235 g/mol. The van der Waals surface area contributed by atoms with Gasteiger partial charge in [0.25, 0.3) is 0 Å². The van der Waals surface area contributed by atoms with Gasteiger partial charge in [0, 0.05) is 6.54 Å². The zero-order chi connectivity index (χ0) is 12.4. The molecule has 3 heteroatoms. The summed E-state index contributed by atoms with van der Waals surface area (Å²) in [4.78, 5) is 0.